The normalized spacial score (nSPS) is 24.6. The fourth-order valence-corrected chi connectivity index (χ4v) is 6.47. The van der Waals surface area contributed by atoms with Crippen molar-refractivity contribution in [2.45, 2.75) is 56.1 Å². The molecule has 0 bridgehead atoms. The lowest BCUT2D eigenvalue weighted by Gasteiger charge is -2.37. The molecule has 0 spiro atoms. The van der Waals surface area contributed by atoms with Crippen molar-refractivity contribution < 1.29 is 37.0 Å². The topological polar surface area (TPSA) is 100 Å². The van der Waals surface area contributed by atoms with Crippen molar-refractivity contribution in [2.24, 2.45) is 0 Å². The molecule has 12 heteroatoms. The molecule has 43 heavy (non-hydrogen) atoms. The number of benzene rings is 2. The number of esters is 1. The molecule has 1 unspecified atom stereocenters. The van der Waals surface area contributed by atoms with Gasteiger partial charge in [-0.25, -0.2) is 32.5 Å². The Bertz CT molecular complexity index is 1390. The summed E-state index contributed by atoms with van der Waals surface area (Å²) in [6.07, 6.45) is 4.58. The monoisotopic (exact) mass is 600 g/mol. The van der Waals surface area contributed by atoms with Crippen LogP contribution in [-0.4, -0.2) is 73.8 Å². The number of ether oxygens (including phenoxy) is 2. The maximum absolute atomic E-state index is 14.3. The lowest BCUT2D eigenvalue weighted by Crippen LogP contribution is -2.56. The van der Waals surface area contributed by atoms with Crippen molar-refractivity contribution in [3.8, 4) is 0 Å². The van der Waals surface area contributed by atoms with Crippen molar-refractivity contribution in [3.05, 3.63) is 82.3 Å². The van der Waals surface area contributed by atoms with Crippen LogP contribution >= 0.6 is 0 Å². The van der Waals surface area contributed by atoms with Crippen LogP contribution in [0.4, 0.5) is 22.8 Å². The van der Waals surface area contributed by atoms with E-state index in [1.807, 2.05) is 12.1 Å². The third-order valence-electron chi connectivity index (χ3n) is 8.61. The average molecular weight is 601 g/mol. The zero-order valence-electron chi connectivity index (χ0n) is 24.1. The minimum Gasteiger partial charge on any atom is -0.466 e. The van der Waals surface area contributed by atoms with Crippen LogP contribution in [0, 0.1) is 17.5 Å². The van der Waals surface area contributed by atoms with Gasteiger partial charge in [0.1, 0.15) is 11.9 Å². The first-order chi connectivity index (χ1) is 20.7. The molecule has 2 fully saturated rings. The lowest BCUT2D eigenvalue weighted by molar-refractivity contribution is -0.137. The zero-order valence-corrected chi connectivity index (χ0v) is 24.1. The summed E-state index contributed by atoms with van der Waals surface area (Å²) in [6, 6.07) is 6.70. The van der Waals surface area contributed by atoms with Crippen LogP contribution in [0.1, 0.15) is 55.2 Å². The second kappa shape index (κ2) is 13.2. The smallest absolute Gasteiger partial charge is 0.338 e. The van der Waals surface area contributed by atoms with Crippen molar-refractivity contribution in [1.82, 2.24) is 20.4 Å². The number of carbonyl (C=O) groups excluding carboxylic acids is 3. The van der Waals surface area contributed by atoms with E-state index in [1.54, 1.807) is 0 Å². The largest absolute Gasteiger partial charge is 0.466 e. The highest BCUT2D eigenvalue weighted by molar-refractivity contribution is 6.01. The van der Waals surface area contributed by atoms with Crippen LogP contribution in [0.5, 0.6) is 0 Å². The molecular formula is C31H35F3N4O5. The summed E-state index contributed by atoms with van der Waals surface area (Å²) >= 11 is 0. The molecule has 1 aliphatic carbocycles. The highest BCUT2D eigenvalue weighted by Gasteiger charge is 2.44. The Morgan fingerprint density at radius 2 is 1.65 bits per heavy atom. The molecule has 230 valence electrons. The summed E-state index contributed by atoms with van der Waals surface area (Å²) in [5, 5.41) is 5.44. The van der Waals surface area contributed by atoms with Crippen LogP contribution in [0.15, 0.2) is 53.7 Å². The van der Waals surface area contributed by atoms with Gasteiger partial charge in [-0.15, -0.1) is 0 Å². The number of imide groups is 1. The predicted molar refractivity (Wildman–Crippen MR) is 150 cm³/mol. The van der Waals surface area contributed by atoms with E-state index < -0.39 is 35.7 Å². The van der Waals surface area contributed by atoms with E-state index in [0.717, 1.165) is 61.9 Å². The van der Waals surface area contributed by atoms with Gasteiger partial charge in [-0.2, -0.15) is 0 Å². The fourth-order valence-electron chi connectivity index (χ4n) is 6.47. The maximum Gasteiger partial charge on any atom is 0.338 e. The molecule has 4 amide bonds. The molecule has 0 aromatic heterocycles. The van der Waals surface area contributed by atoms with Gasteiger partial charge in [0.05, 0.1) is 25.0 Å². The number of hydrogen-bond acceptors (Lipinski definition) is 6. The quantitative estimate of drug-likeness (QED) is 0.445. The van der Waals surface area contributed by atoms with Gasteiger partial charge in [0.15, 0.2) is 11.6 Å². The number of methoxy groups -OCH3 is 2. The standard InChI is InChI=1S/C31H35F3N4O5/c1-42-17-26-27(29(39)43-2)28(20-7-12-24(33)25(34)15-20)38(31(41)36-26)30(40)35-22-13-14-37(16-22)23-10-5-19(6-11-23)18-3-8-21(32)9-4-18/h3-4,7-9,12,15,19,22-23,28H,5-6,10-11,13-14,16-17H2,1-2H3,(H,35,40)(H,36,41)/t19?,22?,23?,28-/m0/s1. The number of halogens is 3. The zero-order chi connectivity index (χ0) is 30.7. The number of hydrogen-bond donors (Lipinski definition) is 2. The minimum absolute atomic E-state index is 0.0175. The Morgan fingerprint density at radius 3 is 2.30 bits per heavy atom. The van der Waals surface area contributed by atoms with Crippen molar-refractivity contribution in [2.75, 3.05) is 33.9 Å². The summed E-state index contributed by atoms with van der Waals surface area (Å²) in [4.78, 5) is 43.0. The molecular weight excluding hydrogens is 565 g/mol. The van der Waals surface area contributed by atoms with E-state index in [2.05, 4.69) is 15.5 Å². The molecule has 5 rings (SSSR count). The van der Waals surface area contributed by atoms with Crippen molar-refractivity contribution in [3.63, 3.8) is 0 Å². The Morgan fingerprint density at radius 1 is 0.953 bits per heavy atom. The number of nitrogens with zero attached hydrogens (tertiary/aromatic N) is 2. The van der Waals surface area contributed by atoms with E-state index in [-0.39, 0.29) is 35.3 Å². The van der Waals surface area contributed by atoms with E-state index in [9.17, 15) is 27.6 Å². The Hall–Kier alpha value is -3.90. The average Bonchev–Trinajstić information content (AvgIpc) is 3.47. The summed E-state index contributed by atoms with van der Waals surface area (Å²) in [6.45, 7) is 1.16. The van der Waals surface area contributed by atoms with Gasteiger partial charge >= 0.3 is 18.0 Å². The molecule has 0 radical (unpaired) electrons. The van der Waals surface area contributed by atoms with Crippen molar-refractivity contribution >= 4 is 18.0 Å². The Balaban J connectivity index is 1.30. The molecule has 1 saturated heterocycles. The van der Waals surface area contributed by atoms with Crippen LogP contribution in [-0.2, 0) is 14.3 Å². The SMILES string of the molecule is COCC1=C(C(=O)OC)[C@H](c2ccc(F)c(F)c2)N(C(=O)NC2CCN(C3CCC(c4ccc(F)cc4)CC3)C2)C(=O)N1. The third-order valence-corrected chi connectivity index (χ3v) is 8.61. The molecule has 9 nitrogen and oxygen atoms in total. The van der Waals surface area contributed by atoms with E-state index in [0.29, 0.717) is 24.9 Å². The highest BCUT2D eigenvalue weighted by atomic mass is 19.2. The summed E-state index contributed by atoms with van der Waals surface area (Å²) in [5.41, 5.74) is 1.09. The van der Waals surface area contributed by atoms with Crippen LogP contribution in [0.3, 0.4) is 0 Å². The maximum atomic E-state index is 14.3. The molecule has 3 aliphatic rings. The molecule has 2 heterocycles. The molecule has 1 saturated carbocycles. The summed E-state index contributed by atoms with van der Waals surface area (Å²) in [7, 11) is 2.50. The number of likely N-dealkylation sites (tertiary alicyclic amines) is 1. The molecule has 2 N–H and O–H groups in total. The van der Waals surface area contributed by atoms with Gasteiger partial charge in [-0.3, -0.25) is 4.90 Å². The first-order valence-electron chi connectivity index (χ1n) is 14.4. The van der Waals surface area contributed by atoms with Gasteiger partial charge in [0.25, 0.3) is 0 Å². The first kappa shape index (κ1) is 30.6. The fraction of sp³-hybridized carbons (Fsp3) is 0.452. The van der Waals surface area contributed by atoms with Gasteiger partial charge in [0, 0.05) is 32.3 Å². The number of nitrogens with one attached hydrogen (secondary N) is 2. The molecule has 2 aromatic rings. The second-order valence-electron chi connectivity index (χ2n) is 11.2. The number of amides is 4. The van der Waals surface area contributed by atoms with Gasteiger partial charge in [0.2, 0.25) is 0 Å². The van der Waals surface area contributed by atoms with E-state index in [4.69, 9.17) is 9.47 Å². The minimum atomic E-state index is -1.39. The first-order valence-corrected chi connectivity index (χ1v) is 14.4. The number of rotatable bonds is 7. The van der Waals surface area contributed by atoms with Gasteiger partial charge < -0.3 is 20.1 Å². The van der Waals surface area contributed by atoms with E-state index in [1.165, 1.54) is 25.3 Å². The van der Waals surface area contributed by atoms with Gasteiger partial charge in [-0.05, 0) is 73.4 Å². The van der Waals surface area contributed by atoms with Crippen molar-refractivity contribution in [1.29, 1.82) is 0 Å². The van der Waals surface area contributed by atoms with E-state index >= 15 is 0 Å². The Labute approximate surface area is 248 Å². The van der Waals surface area contributed by atoms with Gasteiger partial charge in [-0.1, -0.05) is 18.2 Å². The molecule has 2 aliphatic heterocycles. The third kappa shape index (κ3) is 6.54. The van der Waals surface area contributed by atoms with Crippen LogP contribution in [0.2, 0.25) is 0 Å². The van der Waals surface area contributed by atoms with Crippen LogP contribution < -0.4 is 10.6 Å². The number of urea groups is 2. The molecule has 2 aromatic carbocycles. The van der Waals surface area contributed by atoms with Crippen LogP contribution in [0.25, 0.3) is 0 Å². The number of carbonyl (C=O) groups is 3. The summed E-state index contributed by atoms with van der Waals surface area (Å²) in [5.74, 6) is -3.02. The predicted octanol–water partition coefficient (Wildman–Crippen LogP) is 4.75. The Kier molecular flexibility index (Phi) is 9.36. The molecule has 2 atom stereocenters. The second-order valence-corrected chi connectivity index (χ2v) is 11.2. The highest BCUT2D eigenvalue weighted by Crippen LogP contribution is 2.37. The summed E-state index contributed by atoms with van der Waals surface area (Å²) < 4.78 is 51.5. The lowest BCUT2D eigenvalue weighted by atomic mass is 9.81.